The molecule has 4 atom stereocenters. The molecule has 0 aromatic heterocycles. The molecule has 0 bridgehead atoms. The Morgan fingerprint density at radius 1 is 1.18 bits per heavy atom. The highest BCUT2D eigenvalue weighted by Crippen LogP contribution is 2.46. The quantitative estimate of drug-likeness (QED) is 0.726. The third kappa shape index (κ3) is 2.04. The normalized spacial score (nSPS) is 46.6. The van der Waals surface area contributed by atoms with E-state index in [-0.39, 0.29) is 5.72 Å². The van der Waals surface area contributed by atoms with Crippen molar-refractivity contribution in [2.75, 3.05) is 0 Å². The maximum absolute atomic E-state index is 6.48. The van der Waals surface area contributed by atoms with Gasteiger partial charge in [0.25, 0.3) is 0 Å². The number of hydrogen-bond donors (Lipinski definition) is 0. The fourth-order valence-electron chi connectivity index (χ4n) is 4.58. The Bertz CT molecular complexity index is 278. The molecule has 0 aromatic rings. The molecule has 0 aliphatic carbocycles. The molecule has 3 saturated heterocycles. The van der Waals surface area contributed by atoms with Crippen molar-refractivity contribution in [1.82, 2.24) is 4.90 Å². The molecule has 3 aliphatic rings. The largest absolute Gasteiger partial charge is 0.357 e. The molecule has 0 unspecified atom stereocenters. The van der Waals surface area contributed by atoms with Gasteiger partial charge in [0.2, 0.25) is 0 Å². The summed E-state index contributed by atoms with van der Waals surface area (Å²) in [4.78, 5) is 2.77. The molecule has 0 N–H and O–H groups in total. The third-order valence-electron chi connectivity index (χ3n) is 5.15. The Morgan fingerprint density at radius 3 is 2.76 bits per heavy atom. The van der Waals surface area contributed by atoms with E-state index in [2.05, 4.69) is 18.7 Å². The van der Waals surface area contributed by atoms with Crippen molar-refractivity contribution in [3.05, 3.63) is 0 Å². The predicted molar refractivity (Wildman–Crippen MR) is 69.9 cm³/mol. The van der Waals surface area contributed by atoms with E-state index in [9.17, 15) is 0 Å². The first kappa shape index (κ1) is 12.0. The Morgan fingerprint density at radius 2 is 1.94 bits per heavy atom. The van der Waals surface area contributed by atoms with E-state index in [0.29, 0.717) is 6.10 Å². The van der Waals surface area contributed by atoms with Crippen LogP contribution in [0.4, 0.5) is 0 Å². The number of nitrogens with zero attached hydrogens (tertiary/aromatic N) is 1. The van der Waals surface area contributed by atoms with Crippen LogP contribution in [0.25, 0.3) is 0 Å². The highest BCUT2D eigenvalue weighted by molar-refractivity contribution is 4.99. The summed E-state index contributed by atoms with van der Waals surface area (Å²) in [6, 6.07) is 1.65. The molecular weight excluding hydrogens is 210 g/mol. The molecule has 2 heteroatoms. The molecule has 0 saturated carbocycles. The average Bonchev–Trinajstić information content (AvgIpc) is 2.29. The van der Waals surface area contributed by atoms with Crippen molar-refractivity contribution in [2.24, 2.45) is 0 Å². The van der Waals surface area contributed by atoms with E-state index in [1.807, 2.05) is 0 Å². The maximum Gasteiger partial charge on any atom is 0.119 e. The van der Waals surface area contributed by atoms with Crippen molar-refractivity contribution in [3.63, 3.8) is 0 Å². The first-order valence-electron chi connectivity index (χ1n) is 7.69. The summed E-state index contributed by atoms with van der Waals surface area (Å²) in [5, 5.41) is 0. The molecule has 17 heavy (non-hydrogen) atoms. The van der Waals surface area contributed by atoms with Crippen LogP contribution in [0.15, 0.2) is 0 Å². The lowest BCUT2D eigenvalue weighted by Crippen LogP contribution is -2.66. The number of hydrogen-bond acceptors (Lipinski definition) is 2. The van der Waals surface area contributed by atoms with E-state index in [1.165, 1.54) is 57.8 Å². The Hall–Kier alpha value is -0.0800. The molecule has 3 aliphatic heterocycles. The monoisotopic (exact) mass is 237 g/mol. The summed E-state index contributed by atoms with van der Waals surface area (Å²) in [7, 11) is 0. The van der Waals surface area contributed by atoms with Crippen LogP contribution in [0, 0.1) is 0 Å². The van der Waals surface area contributed by atoms with E-state index >= 15 is 0 Å². The van der Waals surface area contributed by atoms with E-state index in [4.69, 9.17) is 4.74 Å². The highest BCUT2D eigenvalue weighted by Gasteiger charge is 2.50. The van der Waals surface area contributed by atoms with Gasteiger partial charge in [-0.3, -0.25) is 4.90 Å². The van der Waals surface area contributed by atoms with Gasteiger partial charge in [-0.2, -0.15) is 0 Å². The van der Waals surface area contributed by atoms with Crippen LogP contribution >= 0.6 is 0 Å². The van der Waals surface area contributed by atoms with Crippen LogP contribution in [0.3, 0.4) is 0 Å². The standard InChI is InChI=1S/C15H27NO/c1-3-6-14-11-13-8-4-7-12-9-5-10-15(2,17-14)16(12)13/h12-14H,3-11H2,1-2H3/t12-,13-,14-,15-/m0/s1. The van der Waals surface area contributed by atoms with Gasteiger partial charge < -0.3 is 4.74 Å². The van der Waals surface area contributed by atoms with Crippen molar-refractivity contribution >= 4 is 0 Å². The SMILES string of the molecule is CCC[C@H]1C[C@@H]2CCC[C@H]3CCC[C@](C)(O1)N32. The molecule has 3 rings (SSSR count). The molecule has 0 aromatic carbocycles. The minimum Gasteiger partial charge on any atom is -0.357 e. The smallest absolute Gasteiger partial charge is 0.119 e. The second-order valence-corrected chi connectivity index (χ2v) is 6.48. The average molecular weight is 237 g/mol. The number of ether oxygens (including phenoxy) is 1. The van der Waals surface area contributed by atoms with E-state index in [1.54, 1.807) is 0 Å². The zero-order chi connectivity index (χ0) is 11.9. The summed E-state index contributed by atoms with van der Waals surface area (Å²) >= 11 is 0. The Labute approximate surface area is 106 Å². The molecule has 3 fully saturated rings. The minimum atomic E-state index is 0.0755. The van der Waals surface area contributed by atoms with E-state index < -0.39 is 0 Å². The van der Waals surface area contributed by atoms with Crippen molar-refractivity contribution in [3.8, 4) is 0 Å². The number of piperidine rings is 2. The van der Waals surface area contributed by atoms with Crippen LogP contribution in [-0.2, 0) is 4.74 Å². The van der Waals surface area contributed by atoms with Crippen LogP contribution in [0.5, 0.6) is 0 Å². The molecule has 98 valence electrons. The predicted octanol–water partition coefficient (Wildman–Crippen LogP) is 3.70. The molecule has 0 radical (unpaired) electrons. The lowest BCUT2D eigenvalue weighted by Gasteiger charge is -2.59. The maximum atomic E-state index is 6.48. The van der Waals surface area contributed by atoms with E-state index in [0.717, 1.165) is 12.1 Å². The minimum absolute atomic E-state index is 0.0755. The van der Waals surface area contributed by atoms with Gasteiger partial charge in [0.05, 0.1) is 6.10 Å². The summed E-state index contributed by atoms with van der Waals surface area (Å²) in [6.45, 7) is 4.64. The van der Waals surface area contributed by atoms with Gasteiger partial charge in [0, 0.05) is 12.1 Å². The molecule has 3 heterocycles. The topological polar surface area (TPSA) is 12.5 Å². The van der Waals surface area contributed by atoms with Crippen LogP contribution < -0.4 is 0 Å². The molecule has 0 amide bonds. The van der Waals surface area contributed by atoms with Crippen molar-refractivity contribution in [1.29, 1.82) is 0 Å². The Kier molecular flexibility index (Phi) is 3.20. The van der Waals surface area contributed by atoms with Crippen LogP contribution in [-0.4, -0.2) is 28.8 Å². The van der Waals surface area contributed by atoms with Gasteiger partial charge in [-0.25, -0.2) is 0 Å². The summed E-state index contributed by atoms with van der Waals surface area (Å²) in [6.07, 6.45) is 12.6. The Balaban J connectivity index is 1.81. The summed E-state index contributed by atoms with van der Waals surface area (Å²) in [5.41, 5.74) is 0.0755. The fourth-order valence-corrected chi connectivity index (χ4v) is 4.58. The van der Waals surface area contributed by atoms with Gasteiger partial charge in [-0.1, -0.05) is 19.8 Å². The first-order valence-corrected chi connectivity index (χ1v) is 7.69. The number of rotatable bonds is 2. The van der Waals surface area contributed by atoms with Gasteiger partial charge in [-0.05, 0) is 51.9 Å². The molecular formula is C15H27NO. The zero-order valence-electron chi connectivity index (χ0n) is 11.5. The van der Waals surface area contributed by atoms with Crippen LogP contribution in [0.1, 0.15) is 71.6 Å². The highest BCUT2D eigenvalue weighted by atomic mass is 16.5. The van der Waals surface area contributed by atoms with Gasteiger partial charge in [-0.15, -0.1) is 0 Å². The van der Waals surface area contributed by atoms with Gasteiger partial charge in [0.1, 0.15) is 5.72 Å². The molecule has 0 spiro atoms. The zero-order valence-corrected chi connectivity index (χ0v) is 11.5. The van der Waals surface area contributed by atoms with Crippen LogP contribution in [0.2, 0.25) is 0 Å². The fraction of sp³-hybridized carbons (Fsp3) is 1.00. The van der Waals surface area contributed by atoms with Crippen molar-refractivity contribution in [2.45, 2.75) is 95.5 Å². The lowest BCUT2D eigenvalue weighted by atomic mass is 9.80. The molecule has 2 nitrogen and oxygen atoms in total. The van der Waals surface area contributed by atoms with Gasteiger partial charge in [0.15, 0.2) is 0 Å². The lowest BCUT2D eigenvalue weighted by molar-refractivity contribution is -0.268. The summed E-state index contributed by atoms with van der Waals surface area (Å²) < 4.78 is 6.48. The third-order valence-corrected chi connectivity index (χ3v) is 5.15. The second-order valence-electron chi connectivity index (χ2n) is 6.48. The second kappa shape index (κ2) is 4.55. The first-order chi connectivity index (χ1) is 8.23. The van der Waals surface area contributed by atoms with Crippen molar-refractivity contribution < 1.29 is 4.74 Å². The summed E-state index contributed by atoms with van der Waals surface area (Å²) in [5.74, 6) is 0. The van der Waals surface area contributed by atoms with Gasteiger partial charge >= 0.3 is 0 Å².